The van der Waals surface area contributed by atoms with E-state index in [1.807, 2.05) is 6.92 Å². The average molecular weight is 286 g/mol. The predicted octanol–water partition coefficient (Wildman–Crippen LogP) is 1.44. The van der Waals surface area contributed by atoms with Gasteiger partial charge in [0.05, 0.1) is 29.4 Å². The molecule has 0 spiro atoms. The van der Waals surface area contributed by atoms with Crippen LogP contribution in [0.2, 0.25) is 0 Å². The number of benzene rings is 1. The zero-order valence-corrected chi connectivity index (χ0v) is 11.6. The third-order valence-corrected chi connectivity index (χ3v) is 3.87. The molecule has 1 fully saturated rings. The van der Waals surface area contributed by atoms with E-state index < -0.39 is 15.7 Å². The highest BCUT2D eigenvalue weighted by atomic mass is 32.2. The third-order valence-electron chi connectivity index (χ3n) is 2.76. The van der Waals surface area contributed by atoms with Gasteiger partial charge in [-0.3, -0.25) is 0 Å². The van der Waals surface area contributed by atoms with Crippen molar-refractivity contribution >= 4 is 21.2 Å². The molecule has 1 aliphatic rings. The van der Waals surface area contributed by atoms with Crippen LogP contribution in [-0.4, -0.2) is 40.1 Å². The van der Waals surface area contributed by atoms with Crippen molar-refractivity contribution in [3.63, 3.8) is 0 Å². The Bertz CT molecular complexity index is 605. The van der Waals surface area contributed by atoms with Gasteiger partial charge in [0.1, 0.15) is 12.4 Å². The van der Waals surface area contributed by atoms with Gasteiger partial charge in [-0.25, -0.2) is 12.8 Å². The van der Waals surface area contributed by atoms with Crippen LogP contribution in [0, 0.1) is 5.82 Å². The van der Waals surface area contributed by atoms with Gasteiger partial charge < -0.3 is 9.74 Å². The van der Waals surface area contributed by atoms with E-state index in [0.29, 0.717) is 25.4 Å². The zero-order chi connectivity index (χ0) is 14.0. The summed E-state index contributed by atoms with van der Waals surface area (Å²) >= 11 is 0. The number of nitrogens with zero attached hydrogens (tertiary/aromatic N) is 2. The Balaban J connectivity index is 2.12. The maximum atomic E-state index is 13.9. The Morgan fingerprint density at radius 2 is 2.11 bits per heavy atom. The van der Waals surface area contributed by atoms with Crippen molar-refractivity contribution < 1.29 is 17.6 Å². The fourth-order valence-corrected chi connectivity index (χ4v) is 2.39. The average Bonchev–Trinajstić information content (AvgIpc) is 2.27. The fraction of sp³-hybridized carbons (Fsp3) is 0.417. The van der Waals surface area contributed by atoms with Gasteiger partial charge in [0, 0.05) is 6.26 Å². The molecule has 0 bridgehead atoms. The highest BCUT2D eigenvalue weighted by Gasteiger charge is 2.25. The second-order valence-corrected chi connectivity index (χ2v) is 6.33. The summed E-state index contributed by atoms with van der Waals surface area (Å²) in [5.74, 6) is -0.543. The molecule has 1 saturated heterocycles. The van der Waals surface area contributed by atoms with Crippen LogP contribution in [0.3, 0.4) is 0 Å². The molecule has 1 aromatic rings. The molecule has 2 rings (SSSR count). The lowest BCUT2D eigenvalue weighted by Crippen LogP contribution is -2.48. The number of hydrogen-bond acceptors (Lipinski definition) is 5. The van der Waals surface area contributed by atoms with Gasteiger partial charge in [0.25, 0.3) is 0 Å². The van der Waals surface area contributed by atoms with E-state index in [1.54, 1.807) is 4.90 Å². The van der Waals surface area contributed by atoms with E-state index in [-0.39, 0.29) is 4.90 Å². The van der Waals surface area contributed by atoms with Crippen LogP contribution < -0.4 is 4.90 Å². The Hall–Kier alpha value is -1.63. The number of halogens is 1. The molecule has 1 heterocycles. The Labute approximate surface area is 111 Å². The molecule has 7 heteroatoms. The molecule has 19 heavy (non-hydrogen) atoms. The minimum absolute atomic E-state index is 0.0162. The van der Waals surface area contributed by atoms with E-state index in [2.05, 4.69) is 5.16 Å². The summed E-state index contributed by atoms with van der Waals surface area (Å²) < 4.78 is 36.5. The van der Waals surface area contributed by atoms with Gasteiger partial charge in [-0.15, -0.1) is 0 Å². The Kier molecular flexibility index (Phi) is 3.75. The molecule has 104 valence electrons. The van der Waals surface area contributed by atoms with Crippen LogP contribution in [0.5, 0.6) is 0 Å². The van der Waals surface area contributed by atoms with E-state index in [1.165, 1.54) is 12.1 Å². The predicted molar refractivity (Wildman–Crippen MR) is 70.8 cm³/mol. The zero-order valence-electron chi connectivity index (χ0n) is 10.8. The van der Waals surface area contributed by atoms with Crippen LogP contribution in [0.1, 0.15) is 6.92 Å². The second kappa shape index (κ2) is 5.16. The van der Waals surface area contributed by atoms with Crippen LogP contribution in [0.4, 0.5) is 10.1 Å². The molecular weight excluding hydrogens is 271 g/mol. The lowest BCUT2D eigenvalue weighted by atomic mass is 10.1. The van der Waals surface area contributed by atoms with Crippen molar-refractivity contribution in [2.24, 2.45) is 5.16 Å². The Morgan fingerprint density at radius 1 is 1.42 bits per heavy atom. The van der Waals surface area contributed by atoms with E-state index >= 15 is 0 Å². The highest BCUT2D eigenvalue weighted by molar-refractivity contribution is 7.90. The van der Waals surface area contributed by atoms with Crippen LogP contribution in [-0.2, 0) is 14.7 Å². The first-order valence-electron chi connectivity index (χ1n) is 5.84. The van der Waals surface area contributed by atoms with Crippen molar-refractivity contribution in [3.05, 3.63) is 24.0 Å². The largest absolute Gasteiger partial charge is 0.396 e. The summed E-state index contributed by atoms with van der Waals surface area (Å²) in [4.78, 5) is 6.65. The minimum atomic E-state index is -3.38. The molecule has 0 N–H and O–H groups in total. The fourth-order valence-electron chi connectivity index (χ4n) is 1.75. The van der Waals surface area contributed by atoms with Gasteiger partial charge in [-0.05, 0) is 25.1 Å². The van der Waals surface area contributed by atoms with Crippen LogP contribution in [0.25, 0.3) is 0 Å². The van der Waals surface area contributed by atoms with Gasteiger partial charge in [-0.2, -0.15) is 0 Å². The van der Waals surface area contributed by atoms with Crippen molar-refractivity contribution in [3.8, 4) is 0 Å². The number of sulfone groups is 1. The van der Waals surface area contributed by atoms with Crippen molar-refractivity contribution in [1.82, 2.24) is 0 Å². The van der Waals surface area contributed by atoms with Gasteiger partial charge in [-0.1, -0.05) is 5.16 Å². The van der Waals surface area contributed by atoms with Crippen molar-refractivity contribution in [1.29, 1.82) is 0 Å². The monoisotopic (exact) mass is 286 g/mol. The molecule has 5 nitrogen and oxygen atoms in total. The summed E-state index contributed by atoms with van der Waals surface area (Å²) in [6.45, 7) is 3.33. The van der Waals surface area contributed by atoms with Gasteiger partial charge in [0.2, 0.25) is 0 Å². The SMILES string of the molecule is CCON=C1CN(c2ccc(S(C)(=O)=O)cc2F)C1. The number of oxime groups is 1. The molecule has 1 aliphatic heterocycles. The first-order valence-corrected chi connectivity index (χ1v) is 7.73. The molecule has 0 atom stereocenters. The topological polar surface area (TPSA) is 59.0 Å². The molecule has 0 amide bonds. The molecule has 0 aromatic heterocycles. The first kappa shape index (κ1) is 13.8. The van der Waals surface area contributed by atoms with E-state index in [0.717, 1.165) is 18.0 Å². The molecule has 1 aromatic carbocycles. The summed E-state index contributed by atoms with van der Waals surface area (Å²) in [6, 6.07) is 3.93. The first-order chi connectivity index (χ1) is 8.91. The summed E-state index contributed by atoms with van der Waals surface area (Å²) in [6.07, 6.45) is 1.05. The number of hydrogen-bond donors (Lipinski definition) is 0. The smallest absolute Gasteiger partial charge is 0.175 e. The Morgan fingerprint density at radius 3 is 2.63 bits per heavy atom. The molecule has 0 saturated carbocycles. The second-order valence-electron chi connectivity index (χ2n) is 4.32. The minimum Gasteiger partial charge on any atom is -0.396 e. The summed E-state index contributed by atoms with van der Waals surface area (Å²) in [7, 11) is -3.38. The maximum Gasteiger partial charge on any atom is 0.175 e. The lowest BCUT2D eigenvalue weighted by molar-refractivity contribution is 0.157. The summed E-state index contributed by atoms with van der Waals surface area (Å²) in [5, 5.41) is 3.87. The number of rotatable bonds is 4. The van der Waals surface area contributed by atoms with Crippen LogP contribution >= 0.6 is 0 Å². The standard InChI is InChI=1S/C12H15FN2O3S/c1-3-18-14-9-7-15(8-9)12-5-4-10(6-11(12)13)19(2,16)17/h4-6H,3,7-8H2,1-2H3. The molecule has 0 aliphatic carbocycles. The van der Waals surface area contributed by atoms with Crippen molar-refractivity contribution in [2.45, 2.75) is 11.8 Å². The maximum absolute atomic E-state index is 13.9. The normalized spacial score (nSPS) is 15.1. The van der Waals surface area contributed by atoms with Crippen LogP contribution in [0.15, 0.2) is 28.3 Å². The quantitative estimate of drug-likeness (QED) is 0.786. The lowest BCUT2D eigenvalue weighted by Gasteiger charge is -2.34. The summed E-state index contributed by atoms with van der Waals surface area (Å²) in [5.41, 5.74) is 1.22. The van der Waals surface area contributed by atoms with Gasteiger partial charge >= 0.3 is 0 Å². The van der Waals surface area contributed by atoms with E-state index in [9.17, 15) is 12.8 Å². The number of anilines is 1. The van der Waals surface area contributed by atoms with Crippen molar-refractivity contribution in [2.75, 3.05) is 30.9 Å². The van der Waals surface area contributed by atoms with Gasteiger partial charge in [0.15, 0.2) is 9.84 Å². The molecular formula is C12H15FN2O3S. The highest BCUT2D eigenvalue weighted by Crippen LogP contribution is 2.25. The third kappa shape index (κ3) is 3.04. The van der Waals surface area contributed by atoms with E-state index in [4.69, 9.17) is 4.84 Å². The molecule has 0 unspecified atom stereocenters. The molecule has 0 radical (unpaired) electrons.